The van der Waals surface area contributed by atoms with Gasteiger partial charge >= 0.3 is 0 Å². The third kappa shape index (κ3) is 4.31. The first-order valence-electron chi connectivity index (χ1n) is 11.7. The molecule has 0 radical (unpaired) electrons. The SMILES string of the molecule is COc1ccc(OC)c([C@@H]2C(=C(O)c3ccc(F)cc3)C(=O)C(=O)N2CCc2c[nH]c3ccccc23)c1. The van der Waals surface area contributed by atoms with E-state index >= 15 is 0 Å². The van der Waals surface area contributed by atoms with E-state index in [1.165, 1.54) is 43.4 Å². The maximum absolute atomic E-state index is 13.5. The van der Waals surface area contributed by atoms with Gasteiger partial charge in [-0.1, -0.05) is 18.2 Å². The quantitative estimate of drug-likeness (QED) is 0.212. The number of Topliss-reactive ketones (excluding diaryl/α,β-unsaturated/α-hetero) is 1. The van der Waals surface area contributed by atoms with Crippen LogP contribution in [0.3, 0.4) is 0 Å². The molecule has 1 aliphatic rings. The number of aromatic amines is 1. The number of aliphatic hydroxyl groups is 1. The average molecular weight is 501 g/mol. The topological polar surface area (TPSA) is 91.9 Å². The second-order valence-electron chi connectivity index (χ2n) is 8.72. The highest BCUT2D eigenvalue weighted by atomic mass is 19.1. The fraction of sp³-hybridized carbons (Fsp3) is 0.172. The number of hydrogen-bond acceptors (Lipinski definition) is 5. The zero-order valence-electron chi connectivity index (χ0n) is 20.3. The molecule has 1 aromatic heterocycles. The molecule has 4 aromatic rings. The number of ether oxygens (including phenoxy) is 2. The van der Waals surface area contributed by atoms with E-state index in [4.69, 9.17) is 9.47 Å². The summed E-state index contributed by atoms with van der Waals surface area (Å²) in [6.07, 6.45) is 2.36. The van der Waals surface area contributed by atoms with Crippen LogP contribution < -0.4 is 9.47 Å². The number of para-hydroxylation sites is 1. The Morgan fingerprint density at radius 3 is 2.51 bits per heavy atom. The van der Waals surface area contributed by atoms with Gasteiger partial charge in [-0.25, -0.2) is 4.39 Å². The van der Waals surface area contributed by atoms with E-state index in [2.05, 4.69) is 4.98 Å². The highest BCUT2D eigenvalue weighted by molar-refractivity contribution is 6.46. The molecule has 0 saturated carbocycles. The Bertz CT molecular complexity index is 1520. The van der Waals surface area contributed by atoms with Crippen LogP contribution in [-0.4, -0.2) is 47.4 Å². The Hall–Kier alpha value is -4.59. The second kappa shape index (κ2) is 9.81. The van der Waals surface area contributed by atoms with E-state index in [1.54, 1.807) is 18.2 Å². The van der Waals surface area contributed by atoms with Crippen molar-refractivity contribution in [3.8, 4) is 11.5 Å². The van der Waals surface area contributed by atoms with E-state index in [9.17, 15) is 19.1 Å². The van der Waals surface area contributed by atoms with Gasteiger partial charge in [-0.3, -0.25) is 9.59 Å². The van der Waals surface area contributed by atoms with E-state index in [1.807, 2.05) is 30.5 Å². The molecule has 3 aromatic carbocycles. The van der Waals surface area contributed by atoms with Gasteiger partial charge < -0.3 is 24.5 Å². The van der Waals surface area contributed by atoms with Crippen LogP contribution in [0.15, 0.2) is 78.5 Å². The molecule has 1 saturated heterocycles. The van der Waals surface area contributed by atoms with Crippen LogP contribution in [0.25, 0.3) is 16.7 Å². The Morgan fingerprint density at radius 1 is 1.03 bits per heavy atom. The predicted octanol–water partition coefficient (Wildman–Crippen LogP) is 4.99. The summed E-state index contributed by atoms with van der Waals surface area (Å²) < 4.78 is 24.5. The number of halogens is 1. The van der Waals surface area contributed by atoms with Crippen molar-refractivity contribution in [2.24, 2.45) is 0 Å². The van der Waals surface area contributed by atoms with Gasteiger partial charge in [0.2, 0.25) is 0 Å². The number of carbonyl (C=O) groups is 2. The van der Waals surface area contributed by atoms with Crippen molar-refractivity contribution in [1.29, 1.82) is 0 Å². The third-order valence-electron chi connectivity index (χ3n) is 6.69. The highest BCUT2D eigenvalue weighted by Gasteiger charge is 2.47. The van der Waals surface area contributed by atoms with Crippen LogP contribution >= 0.6 is 0 Å². The normalized spacial score (nSPS) is 16.9. The summed E-state index contributed by atoms with van der Waals surface area (Å²) in [6, 6.07) is 17.1. The van der Waals surface area contributed by atoms with Gasteiger partial charge in [-0.05, 0) is 60.5 Å². The average Bonchev–Trinajstić information content (AvgIpc) is 3.45. The number of nitrogens with zero attached hydrogens (tertiary/aromatic N) is 1. The summed E-state index contributed by atoms with van der Waals surface area (Å²) in [6.45, 7) is 0.206. The molecular formula is C29H25FN2O5. The molecule has 0 bridgehead atoms. The molecular weight excluding hydrogens is 475 g/mol. The number of nitrogens with one attached hydrogen (secondary N) is 1. The van der Waals surface area contributed by atoms with Crippen LogP contribution in [0.5, 0.6) is 11.5 Å². The Balaban J connectivity index is 1.63. The summed E-state index contributed by atoms with van der Waals surface area (Å²) in [5.74, 6) is -1.51. The molecule has 0 spiro atoms. The van der Waals surface area contributed by atoms with Gasteiger partial charge in [0.05, 0.1) is 25.8 Å². The lowest BCUT2D eigenvalue weighted by Crippen LogP contribution is -2.31. The third-order valence-corrected chi connectivity index (χ3v) is 6.69. The summed E-state index contributed by atoms with van der Waals surface area (Å²) in [4.78, 5) is 31.4. The lowest BCUT2D eigenvalue weighted by Gasteiger charge is -2.27. The van der Waals surface area contributed by atoms with Crippen LogP contribution in [0.1, 0.15) is 22.7 Å². The number of aromatic nitrogens is 1. The number of ketones is 1. The second-order valence-corrected chi connectivity index (χ2v) is 8.72. The number of amides is 1. The summed E-state index contributed by atoms with van der Waals surface area (Å²) in [5, 5.41) is 12.2. The van der Waals surface area contributed by atoms with E-state index in [-0.39, 0.29) is 23.4 Å². The minimum atomic E-state index is -0.944. The van der Waals surface area contributed by atoms with Gasteiger partial charge in [-0.15, -0.1) is 0 Å². The Kier molecular flexibility index (Phi) is 6.40. The molecule has 188 valence electrons. The molecule has 8 heteroatoms. The molecule has 1 fully saturated rings. The number of methoxy groups -OCH3 is 2. The van der Waals surface area contributed by atoms with Crippen molar-refractivity contribution in [3.63, 3.8) is 0 Å². The molecule has 2 N–H and O–H groups in total. The van der Waals surface area contributed by atoms with Crippen LogP contribution in [0.2, 0.25) is 0 Å². The number of rotatable bonds is 7. The van der Waals surface area contributed by atoms with Crippen molar-refractivity contribution in [3.05, 3.63) is 101 Å². The van der Waals surface area contributed by atoms with Crippen molar-refractivity contribution in [2.45, 2.75) is 12.5 Å². The first kappa shape index (κ1) is 24.1. The highest BCUT2D eigenvalue weighted by Crippen LogP contribution is 2.44. The molecule has 37 heavy (non-hydrogen) atoms. The van der Waals surface area contributed by atoms with Crippen LogP contribution in [0, 0.1) is 5.82 Å². The largest absolute Gasteiger partial charge is 0.507 e. The lowest BCUT2D eigenvalue weighted by atomic mass is 9.94. The number of aliphatic hydroxyl groups excluding tert-OH is 1. The maximum Gasteiger partial charge on any atom is 0.295 e. The maximum atomic E-state index is 13.5. The number of fused-ring (bicyclic) bond motifs is 1. The molecule has 2 heterocycles. The van der Waals surface area contributed by atoms with Crippen LogP contribution in [0.4, 0.5) is 4.39 Å². The van der Waals surface area contributed by atoms with Gasteiger partial charge in [-0.2, -0.15) is 0 Å². The summed E-state index contributed by atoms with van der Waals surface area (Å²) in [5.41, 5.74) is 2.59. The number of carbonyl (C=O) groups excluding carboxylic acids is 2. The first-order chi connectivity index (χ1) is 17.9. The Morgan fingerprint density at radius 2 is 1.78 bits per heavy atom. The zero-order valence-corrected chi connectivity index (χ0v) is 20.3. The minimum absolute atomic E-state index is 0.0953. The molecule has 0 unspecified atom stereocenters. The molecule has 5 rings (SSSR count). The molecule has 1 amide bonds. The van der Waals surface area contributed by atoms with Gasteiger partial charge in [0, 0.05) is 34.8 Å². The predicted molar refractivity (Wildman–Crippen MR) is 137 cm³/mol. The summed E-state index contributed by atoms with van der Waals surface area (Å²) in [7, 11) is 3.00. The number of H-pyrrole nitrogens is 1. The number of hydrogen-bond donors (Lipinski definition) is 2. The fourth-order valence-corrected chi connectivity index (χ4v) is 4.83. The zero-order chi connectivity index (χ0) is 26.1. The van der Waals surface area contributed by atoms with E-state index < -0.39 is 23.5 Å². The minimum Gasteiger partial charge on any atom is -0.507 e. The monoisotopic (exact) mass is 500 g/mol. The van der Waals surface area contributed by atoms with Gasteiger partial charge in [0.25, 0.3) is 11.7 Å². The molecule has 1 aliphatic heterocycles. The Labute approximate surface area is 212 Å². The van der Waals surface area contributed by atoms with Gasteiger partial charge in [0.15, 0.2) is 0 Å². The van der Waals surface area contributed by atoms with Crippen molar-refractivity contribution in [2.75, 3.05) is 20.8 Å². The summed E-state index contributed by atoms with van der Waals surface area (Å²) >= 11 is 0. The van der Waals surface area contributed by atoms with E-state index in [0.29, 0.717) is 23.5 Å². The smallest absolute Gasteiger partial charge is 0.295 e. The molecule has 0 aliphatic carbocycles. The van der Waals surface area contributed by atoms with Crippen molar-refractivity contribution in [1.82, 2.24) is 9.88 Å². The standard InChI is InChI=1S/C29H25FN2O5/c1-36-20-11-12-24(37-2)22(15-20)26-25(27(33)17-7-9-19(30)10-8-17)28(34)29(35)32(26)14-13-18-16-31-23-6-4-3-5-21(18)23/h3-12,15-16,26,31,33H,13-14H2,1-2H3/t26-/m1/s1. The van der Waals surface area contributed by atoms with Crippen molar-refractivity contribution < 1.29 is 28.6 Å². The molecule has 1 atom stereocenters. The van der Waals surface area contributed by atoms with Crippen molar-refractivity contribution >= 4 is 28.4 Å². The lowest BCUT2D eigenvalue weighted by molar-refractivity contribution is -0.139. The first-order valence-corrected chi connectivity index (χ1v) is 11.7. The van der Waals surface area contributed by atoms with Gasteiger partial charge in [0.1, 0.15) is 23.1 Å². The number of benzene rings is 3. The fourth-order valence-electron chi connectivity index (χ4n) is 4.83. The number of likely N-dealkylation sites (tertiary alicyclic amines) is 1. The van der Waals surface area contributed by atoms with Crippen LogP contribution in [-0.2, 0) is 16.0 Å². The molecule has 7 nitrogen and oxygen atoms in total. The van der Waals surface area contributed by atoms with E-state index in [0.717, 1.165) is 16.5 Å².